The summed E-state index contributed by atoms with van der Waals surface area (Å²) in [5, 5.41) is 17.7. The molecule has 1 aromatic carbocycles. The molecule has 2 aliphatic carbocycles. The Labute approximate surface area is 197 Å². The second-order valence-electron chi connectivity index (χ2n) is 10.6. The van der Waals surface area contributed by atoms with Gasteiger partial charge in [0.1, 0.15) is 5.75 Å². The SMILES string of the molecule is COCCn1nc(C)c2c1C[C@@]1(c3cc(OC)ccc3C)CCN(CC3CC3)[C@H](C)[C@]1(O)C2. The van der Waals surface area contributed by atoms with Gasteiger partial charge in [0.25, 0.3) is 0 Å². The van der Waals surface area contributed by atoms with Crippen LogP contribution in [0.15, 0.2) is 18.2 Å². The van der Waals surface area contributed by atoms with E-state index in [0.29, 0.717) is 13.0 Å². The van der Waals surface area contributed by atoms with E-state index in [1.807, 2.05) is 6.07 Å². The van der Waals surface area contributed by atoms with E-state index in [1.54, 1.807) is 14.2 Å². The Morgan fingerprint density at radius 3 is 2.67 bits per heavy atom. The Hall–Kier alpha value is -1.89. The maximum Gasteiger partial charge on any atom is 0.119 e. The van der Waals surface area contributed by atoms with Crippen molar-refractivity contribution in [1.29, 1.82) is 0 Å². The Morgan fingerprint density at radius 2 is 1.97 bits per heavy atom. The molecule has 1 N–H and O–H groups in total. The third kappa shape index (κ3) is 3.62. The lowest BCUT2D eigenvalue weighted by atomic mass is 9.53. The Bertz CT molecular complexity index is 1030. The first kappa shape index (κ1) is 22.9. The lowest BCUT2D eigenvalue weighted by molar-refractivity contribution is -0.140. The number of likely N-dealkylation sites (tertiary alicyclic amines) is 1. The highest BCUT2D eigenvalue weighted by Gasteiger charge is 2.62. The molecule has 3 atom stereocenters. The average Bonchev–Trinajstić information content (AvgIpc) is 3.58. The molecule has 1 aromatic heterocycles. The van der Waals surface area contributed by atoms with Crippen molar-refractivity contribution in [1.82, 2.24) is 14.7 Å². The molecule has 6 heteroatoms. The molecule has 6 nitrogen and oxygen atoms in total. The van der Waals surface area contributed by atoms with E-state index in [9.17, 15) is 5.11 Å². The number of fused-ring (bicyclic) bond motifs is 2. The highest BCUT2D eigenvalue weighted by atomic mass is 16.5. The first-order valence-corrected chi connectivity index (χ1v) is 12.5. The van der Waals surface area contributed by atoms with Crippen molar-refractivity contribution in [2.45, 2.75) is 76.5 Å². The monoisotopic (exact) mass is 453 g/mol. The molecule has 180 valence electrons. The van der Waals surface area contributed by atoms with Gasteiger partial charge < -0.3 is 14.6 Å². The van der Waals surface area contributed by atoms with Gasteiger partial charge in [-0.15, -0.1) is 0 Å². The van der Waals surface area contributed by atoms with Crippen LogP contribution in [0.2, 0.25) is 0 Å². The van der Waals surface area contributed by atoms with E-state index < -0.39 is 5.60 Å². The Balaban J connectivity index is 1.65. The van der Waals surface area contributed by atoms with Gasteiger partial charge in [0.15, 0.2) is 0 Å². The molecule has 3 aliphatic rings. The van der Waals surface area contributed by atoms with Gasteiger partial charge in [-0.1, -0.05) is 6.07 Å². The third-order valence-corrected chi connectivity index (χ3v) is 8.83. The number of hydrogen-bond donors (Lipinski definition) is 1. The third-order valence-electron chi connectivity index (χ3n) is 8.83. The van der Waals surface area contributed by atoms with Crippen molar-refractivity contribution in [3.63, 3.8) is 0 Å². The van der Waals surface area contributed by atoms with Crippen LogP contribution in [0.4, 0.5) is 0 Å². The number of aliphatic hydroxyl groups is 1. The summed E-state index contributed by atoms with van der Waals surface area (Å²) in [6.07, 6.45) is 5.02. The van der Waals surface area contributed by atoms with Gasteiger partial charge in [-0.3, -0.25) is 9.58 Å². The number of hydrogen-bond acceptors (Lipinski definition) is 5. The minimum atomic E-state index is -0.871. The molecule has 0 amide bonds. The minimum Gasteiger partial charge on any atom is -0.497 e. The zero-order chi connectivity index (χ0) is 23.4. The predicted octanol–water partition coefficient (Wildman–Crippen LogP) is 3.43. The quantitative estimate of drug-likeness (QED) is 0.696. The van der Waals surface area contributed by atoms with Crippen LogP contribution in [0.1, 0.15) is 54.3 Å². The molecule has 5 rings (SSSR count). The van der Waals surface area contributed by atoms with Crippen molar-refractivity contribution in [2.24, 2.45) is 5.92 Å². The molecule has 1 saturated heterocycles. The highest BCUT2D eigenvalue weighted by Crippen LogP contribution is 2.54. The van der Waals surface area contributed by atoms with Gasteiger partial charge in [0.05, 0.1) is 31.6 Å². The van der Waals surface area contributed by atoms with Crippen LogP contribution in [-0.2, 0) is 29.5 Å². The standard InChI is InChI=1S/C27H39N3O3/c1-18-6-9-22(33-5)14-24(18)26-10-11-29(17-21-7-8-21)20(3)27(26,31)15-23-19(2)28-30(12-13-32-4)25(23)16-26/h6,9,14,20-21,31H,7-8,10-13,15-17H2,1-5H3/t20-,26-,27-/m1/s1. The fourth-order valence-corrected chi connectivity index (χ4v) is 6.61. The van der Waals surface area contributed by atoms with Gasteiger partial charge in [0, 0.05) is 43.6 Å². The smallest absolute Gasteiger partial charge is 0.119 e. The molecule has 0 bridgehead atoms. The molecule has 0 spiro atoms. The van der Waals surface area contributed by atoms with E-state index in [0.717, 1.165) is 49.8 Å². The number of ether oxygens (including phenoxy) is 2. The van der Waals surface area contributed by atoms with E-state index >= 15 is 0 Å². The van der Waals surface area contributed by atoms with Crippen molar-refractivity contribution in [3.05, 3.63) is 46.3 Å². The first-order chi connectivity index (χ1) is 15.8. The first-order valence-electron chi connectivity index (χ1n) is 12.5. The van der Waals surface area contributed by atoms with Gasteiger partial charge in [-0.2, -0.15) is 5.10 Å². The number of piperidine rings is 1. The summed E-state index contributed by atoms with van der Waals surface area (Å²) in [5.74, 6) is 1.66. The fraction of sp³-hybridized carbons (Fsp3) is 0.667. The normalized spacial score (nSPS) is 29.6. The van der Waals surface area contributed by atoms with Crippen LogP contribution in [0.3, 0.4) is 0 Å². The summed E-state index contributed by atoms with van der Waals surface area (Å²) < 4.78 is 13.1. The van der Waals surface area contributed by atoms with Crippen LogP contribution in [-0.4, -0.2) is 65.3 Å². The molecule has 1 saturated carbocycles. The van der Waals surface area contributed by atoms with Gasteiger partial charge in [-0.25, -0.2) is 0 Å². The van der Waals surface area contributed by atoms with Crippen LogP contribution in [0.25, 0.3) is 0 Å². The summed E-state index contributed by atoms with van der Waals surface area (Å²) in [6, 6.07) is 6.43. The van der Waals surface area contributed by atoms with Gasteiger partial charge in [-0.05, 0) is 81.3 Å². The molecule has 2 fully saturated rings. The van der Waals surface area contributed by atoms with Crippen LogP contribution in [0, 0.1) is 19.8 Å². The number of methoxy groups -OCH3 is 2. The number of benzene rings is 1. The number of aryl methyl sites for hydroxylation is 2. The molecule has 1 aliphatic heterocycles. The molecular formula is C27H39N3O3. The van der Waals surface area contributed by atoms with E-state index in [1.165, 1.54) is 35.2 Å². The summed E-state index contributed by atoms with van der Waals surface area (Å²) in [5.41, 5.74) is 4.73. The molecule has 0 radical (unpaired) electrons. The van der Waals surface area contributed by atoms with E-state index in [-0.39, 0.29) is 11.5 Å². The summed E-state index contributed by atoms with van der Waals surface area (Å²) in [4.78, 5) is 2.56. The summed E-state index contributed by atoms with van der Waals surface area (Å²) in [6.45, 7) is 10.0. The largest absolute Gasteiger partial charge is 0.497 e. The summed E-state index contributed by atoms with van der Waals surface area (Å²) in [7, 11) is 3.46. The van der Waals surface area contributed by atoms with Gasteiger partial charge in [0.2, 0.25) is 0 Å². The number of rotatable bonds is 7. The van der Waals surface area contributed by atoms with E-state index in [2.05, 4.69) is 42.5 Å². The van der Waals surface area contributed by atoms with Crippen molar-refractivity contribution in [3.8, 4) is 5.75 Å². The lowest BCUT2D eigenvalue weighted by Crippen LogP contribution is -2.71. The fourth-order valence-electron chi connectivity index (χ4n) is 6.61. The second-order valence-corrected chi connectivity index (χ2v) is 10.6. The van der Waals surface area contributed by atoms with Crippen LogP contribution in [0.5, 0.6) is 5.75 Å². The maximum absolute atomic E-state index is 12.8. The van der Waals surface area contributed by atoms with E-state index in [4.69, 9.17) is 14.6 Å². The molecule has 2 aromatic rings. The average molecular weight is 454 g/mol. The molecular weight excluding hydrogens is 414 g/mol. The molecule has 0 unspecified atom stereocenters. The van der Waals surface area contributed by atoms with Crippen molar-refractivity contribution < 1.29 is 14.6 Å². The van der Waals surface area contributed by atoms with Crippen LogP contribution < -0.4 is 4.74 Å². The molecule has 33 heavy (non-hydrogen) atoms. The van der Waals surface area contributed by atoms with Crippen LogP contribution >= 0.6 is 0 Å². The minimum absolute atomic E-state index is 0.0762. The topological polar surface area (TPSA) is 59.8 Å². The Kier molecular flexibility index (Phi) is 5.82. The number of aromatic nitrogens is 2. The zero-order valence-corrected chi connectivity index (χ0v) is 20.9. The van der Waals surface area contributed by atoms with Crippen molar-refractivity contribution >= 4 is 0 Å². The lowest BCUT2D eigenvalue weighted by Gasteiger charge is -2.60. The molecule has 2 heterocycles. The second kappa shape index (κ2) is 8.40. The maximum atomic E-state index is 12.8. The summed E-state index contributed by atoms with van der Waals surface area (Å²) >= 11 is 0. The predicted molar refractivity (Wildman–Crippen MR) is 129 cm³/mol. The van der Waals surface area contributed by atoms with Crippen molar-refractivity contribution in [2.75, 3.05) is 33.9 Å². The number of nitrogens with zero attached hydrogens (tertiary/aromatic N) is 3. The Morgan fingerprint density at radius 1 is 1.18 bits per heavy atom. The zero-order valence-electron chi connectivity index (χ0n) is 20.9. The highest BCUT2D eigenvalue weighted by molar-refractivity contribution is 5.48. The van der Waals surface area contributed by atoms with Gasteiger partial charge >= 0.3 is 0 Å².